The number of hydrogen-bond acceptors (Lipinski definition) is 4. The van der Waals surface area contributed by atoms with E-state index in [9.17, 15) is 13.6 Å². The standard InChI is InChI=1S/C11H15F2NO3S/c1-18-7-8-2-3-9(17-8)11(16)14(4-5-15)6-10(12)13/h2-3,10,15H,4-7H2,1H3. The van der Waals surface area contributed by atoms with Gasteiger partial charge in [0.15, 0.2) is 5.76 Å². The first-order chi connectivity index (χ1) is 8.58. The zero-order valence-electron chi connectivity index (χ0n) is 9.94. The summed E-state index contributed by atoms with van der Waals surface area (Å²) in [5, 5.41) is 8.76. The molecule has 0 saturated carbocycles. The van der Waals surface area contributed by atoms with E-state index in [0.29, 0.717) is 11.5 Å². The smallest absolute Gasteiger partial charge is 0.289 e. The van der Waals surface area contributed by atoms with E-state index >= 15 is 0 Å². The van der Waals surface area contributed by atoms with Crippen molar-refractivity contribution in [1.82, 2.24) is 4.90 Å². The van der Waals surface area contributed by atoms with E-state index in [1.54, 1.807) is 6.07 Å². The van der Waals surface area contributed by atoms with Crippen LogP contribution in [0.25, 0.3) is 0 Å². The van der Waals surface area contributed by atoms with Gasteiger partial charge in [-0.3, -0.25) is 4.79 Å². The Morgan fingerprint density at radius 1 is 1.56 bits per heavy atom. The fourth-order valence-electron chi connectivity index (χ4n) is 1.43. The molecular weight excluding hydrogens is 264 g/mol. The van der Waals surface area contributed by atoms with Gasteiger partial charge in [-0.25, -0.2) is 8.78 Å². The van der Waals surface area contributed by atoms with E-state index < -0.39 is 18.9 Å². The predicted octanol–water partition coefficient (Wildman–Crippen LogP) is 1.84. The lowest BCUT2D eigenvalue weighted by molar-refractivity contribution is 0.0482. The van der Waals surface area contributed by atoms with Gasteiger partial charge < -0.3 is 14.4 Å². The van der Waals surface area contributed by atoms with E-state index in [1.807, 2.05) is 6.26 Å². The summed E-state index contributed by atoms with van der Waals surface area (Å²) in [5.74, 6) is 0.624. The third-order valence-corrected chi connectivity index (χ3v) is 2.75. The van der Waals surface area contributed by atoms with E-state index in [2.05, 4.69) is 0 Å². The summed E-state index contributed by atoms with van der Waals surface area (Å²) in [5.41, 5.74) is 0. The maximum Gasteiger partial charge on any atom is 0.289 e. The molecule has 1 amide bonds. The largest absolute Gasteiger partial charge is 0.455 e. The lowest BCUT2D eigenvalue weighted by atomic mass is 10.3. The van der Waals surface area contributed by atoms with Gasteiger partial charge >= 0.3 is 0 Å². The number of alkyl halides is 2. The van der Waals surface area contributed by atoms with Gasteiger partial charge in [-0.2, -0.15) is 11.8 Å². The van der Waals surface area contributed by atoms with Crippen LogP contribution >= 0.6 is 11.8 Å². The number of aliphatic hydroxyl groups excluding tert-OH is 1. The van der Waals surface area contributed by atoms with Crippen LogP contribution in [-0.2, 0) is 5.75 Å². The molecule has 0 aromatic carbocycles. The van der Waals surface area contributed by atoms with Crippen LogP contribution in [0.3, 0.4) is 0 Å². The molecule has 0 bridgehead atoms. The molecule has 18 heavy (non-hydrogen) atoms. The van der Waals surface area contributed by atoms with Gasteiger partial charge in [0.05, 0.1) is 18.9 Å². The Labute approximate surface area is 108 Å². The first kappa shape index (κ1) is 15.0. The van der Waals surface area contributed by atoms with Crippen molar-refractivity contribution in [3.8, 4) is 0 Å². The zero-order valence-corrected chi connectivity index (χ0v) is 10.8. The number of nitrogens with zero attached hydrogens (tertiary/aromatic N) is 1. The second-order valence-electron chi connectivity index (χ2n) is 3.56. The summed E-state index contributed by atoms with van der Waals surface area (Å²) in [7, 11) is 0. The Kier molecular flexibility index (Phi) is 6.14. The summed E-state index contributed by atoms with van der Waals surface area (Å²) in [6, 6.07) is 3.10. The van der Waals surface area contributed by atoms with Crippen LogP contribution in [0.4, 0.5) is 8.78 Å². The van der Waals surface area contributed by atoms with Gasteiger partial charge in [-0.05, 0) is 18.4 Å². The van der Waals surface area contributed by atoms with Crippen LogP contribution in [0.5, 0.6) is 0 Å². The molecule has 0 aliphatic carbocycles. The fraction of sp³-hybridized carbons (Fsp3) is 0.545. The van der Waals surface area contributed by atoms with E-state index in [0.717, 1.165) is 4.90 Å². The molecule has 0 spiro atoms. The minimum Gasteiger partial charge on any atom is -0.455 e. The van der Waals surface area contributed by atoms with Crippen LogP contribution in [0.15, 0.2) is 16.5 Å². The van der Waals surface area contributed by atoms with Crippen molar-refractivity contribution in [3.05, 3.63) is 23.7 Å². The summed E-state index contributed by atoms with van der Waals surface area (Å²) in [4.78, 5) is 12.8. The van der Waals surface area contributed by atoms with Gasteiger partial charge in [0, 0.05) is 6.54 Å². The lowest BCUT2D eigenvalue weighted by Gasteiger charge is -2.19. The van der Waals surface area contributed by atoms with Crippen LogP contribution in [0, 0.1) is 0 Å². The number of halogens is 2. The maximum absolute atomic E-state index is 12.3. The van der Waals surface area contributed by atoms with Gasteiger partial charge in [0.25, 0.3) is 12.3 Å². The first-order valence-electron chi connectivity index (χ1n) is 5.34. The third-order valence-electron chi connectivity index (χ3n) is 2.17. The number of carbonyl (C=O) groups is 1. The highest BCUT2D eigenvalue weighted by atomic mass is 32.2. The van der Waals surface area contributed by atoms with E-state index in [1.165, 1.54) is 17.8 Å². The second-order valence-corrected chi connectivity index (χ2v) is 4.43. The topological polar surface area (TPSA) is 53.7 Å². The van der Waals surface area contributed by atoms with Crippen LogP contribution in [0.2, 0.25) is 0 Å². The van der Waals surface area contributed by atoms with Gasteiger partial charge in [0.2, 0.25) is 0 Å². The fourth-order valence-corrected chi connectivity index (χ4v) is 1.87. The van der Waals surface area contributed by atoms with Crippen LogP contribution in [0.1, 0.15) is 16.3 Å². The van der Waals surface area contributed by atoms with Crippen molar-refractivity contribution in [3.63, 3.8) is 0 Å². The van der Waals surface area contributed by atoms with Crippen LogP contribution < -0.4 is 0 Å². The number of hydrogen-bond donors (Lipinski definition) is 1. The summed E-state index contributed by atoms with van der Waals surface area (Å²) < 4.78 is 29.9. The van der Waals surface area contributed by atoms with Crippen molar-refractivity contribution in [2.45, 2.75) is 12.2 Å². The molecule has 0 saturated heterocycles. The molecular formula is C11H15F2NO3S. The first-order valence-corrected chi connectivity index (χ1v) is 6.73. The second kappa shape index (κ2) is 7.38. The SMILES string of the molecule is CSCc1ccc(C(=O)N(CCO)CC(F)F)o1. The Balaban J connectivity index is 2.74. The average molecular weight is 279 g/mol. The Morgan fingerprint density at radius 3 is 2.83 bits per heavy atom. The number of thioether (sulfide) groups is 1. The highest BCUT2D eigenvalue weighted by Gasteiger charge is 2.21. The van der Waals surface area contributed by atoms with Crippen molar-refractivity contribution >= 4 is 17.7 Å². The van der Waals surface area contributed by atoms with Gasteiger partial charge in [0.1, 0.15) is 5.76 Å². The molecule has 102 valence electrons. The Morgan fingerprint density at radius 2 is 2.28 bits per heavy atom. The number of aliphatic hydroxyl groups is 1. The predicted molar refractivity (Wildman–Crippen MR) is 64.9 cm³/mol. The summed E-state index contributed by atoms with van der Waals surface area (Å²) >= 11 is 1.53. The monoisotopic (exact) mass is 279 g/mol. The third kappa shape index (κ3) is 4.30. The molecule has 1 aromatic rings. The minimum atomic E-state index is -2.64. The van der Waals surface area contributed by atoms with Gasteiger partial charge in [-0.15, -0.1) is 0 Å². The molecule has 0 fully saturated rings. The number of furan rings is 1. The Bertz CT molecular complexity index is 384. The number of carbonyl (C=O) groups excluding carboxylic acids is 1. The molecule has 7 heteroatoms. The maximum atomic E-state index is 12.3. The average Bonchev–Trinajstić information content (AvgIpc) is 2.76. The van der Waals surface area contributed by atoms with E-state index in [-0.39, 0.29) is 18.9 Å². The minimum absolute atomic E-state index is 0.0214. The Hall–Kier alpha value is -1.08. The molecule has 1 N–H and O–H groups in total. The highest BCUT2D eigenvalue weighted by Crippen LogP contribution is 2.15. The molecule has 1 aromatic heterocycles. The molecule has 1 rings (SSSR count). The summed E-state index contributed by atoms with van der Waals surface area (Å²) in [6.45, 7) is -1.21. The molecule has 0 unspecified atom stereocenters. The lowest BCUT2D eigenvalue weighted by Crippen LogP contribution is -2.37. The molecule has 0 aliphatic rings. The summed E-state index contributed by atoms with van der Waals surface area (Å²) in [6.07, 6.45) is -0.750. The number of amides is 1. The molecule has 1 heterocycles. The normalized spacial score (nSPS) is 10.9. The number of rotatable bonds is 7. The van der Waals surface area contributed by atoms with E-state index in [4.69, 9.17) is 9.52 Å². The van der Waals surface area contributed by atoms with Crippen molar-refractivity contribution < 1.29 is 23.1 Å². The molecule has 0 aliphatic heterocycles. The van der Waals surface area contributed by atoms with Crippen molar-refractivity contribution in [1.29, 1.82) is 0 Å². The zero-order chi connectivity index (χ0) is 13.5. The molecule has 4 nitrogen and oxygen atoms in total. The molecule has 0 atom stereocenters. The highest BCUT2D eigenvalue weighted by molar-refractivity contribution is 7.97. The van der Waals surface area contributed by atoms with Crippen LogP contribution in [-0.4, -0.2) is 48.3 Å². The molecule has 0 radical (unpaired) electrons. The van der Waals surface area contributed by atoms with Crippen molar-refractivity contribution in [2.24, 2.45) is 0 Å². The van der Waals surface area contributed by atoms with Gasteiger partial charge in [-0.1, -0.05) is 0 Å². The van der Waals surface area contributed by atoms with Crippen molar-refractivity contribution in [2.75, 3.05) is 26.0 Å². The quantitative estimate of drug-likeness (QED) is 0.827.